The summed E-state index contributed by atoms with van der Waals surface area (Å²) in [6.45, 7) is 4.44. The lowest BCUT2D eigenvalue weighted by Crippen LogP contribution is -2.28. The predicted octanol–water partition coefficient (Wildman–Crippen LogP) is 5.02. The number of hydrogen-bond acceptors (Lipinski definition) is 3. The van der Waals surface area contributed by atoms with Crippen LogP contribution in [-0.2, 0) is 11.3 Å². The highest BCUT2D eigenvalue weighted by Crippen LogP contribution is 2.36. The second-order valence-electron chi connectivity index (χ2n) is 8.27. The molecule has 1 N–H and O–H groups in total. The summed E-state index contributed by atoms with van der Waals surface area (Å²) in [5.74, 6) is 0.642. The quantitative estimate of drug-likeness (QED) is 0.718. The van der Waals surface area contributed by atoms with Gasteiger partial charge in [-0.25, -0.2) is 0 Å². The molecule has 2 aliphatic carbocycles. The van der Waals surface area contributed by atoms with Crippen molar-refractivity contribution in [1.29, 1.82) is 0 Å². The molecule has 0 aromatic carbocycles. The Morgan fingerprint density at radius 2 is 1.80 bits per heavy atom. The van der Waals surface area contributed by atoms with E-state index in [1.807, 2.05) is 6.20 Å². The van der Waals surface area contributed by atoms with E-state index >= 15 is 0 Å². The van der Waals surface area contributed by atoms with E-state index in [0.29, 0.717) is 18.1 Å². The molecule has 0 spiro atoms. The van der Waals surface area contributed by atoms with Gasteiger partial charge in [0.2, 0.25) is 0 Å². The van der Waals surface area contributed by atoms with E-state index in [2.05, 4.69) is 29.1 Å². The predicted molar refractivity (Wildman–Crippen MR) is 103 cm³/mol. The van der Waals surface area contributed by atoms with E-state index in [0.717, 1.165) is 6.54 Å². The van der Waals surface area contributed by atoms with Gasteiger partial charge >= 0.3 is 0 Å². The largest absolute Gasteiger partial charge is 0.375 e. The smallest absolute Gasteiger partial charge is 0.0579 e. The molecule has 4 nitrogen and oxygen atoms in total. The van der Waals surface area contributed by atoms with Crippen molar-refractivity contribution in [3.8, 4) is 0 Å². The third-order valence-corrected chi connectivity index (χ3v) is 6.10. The molecule has 0 bridgehead atoms. The van der Waals surface area contributed by atoms with Gasteiger partial charge < -0.3 is 9.64 Å². The maximum atomic E-state index is 6.40. The van der Waals surface area contributed by atoms with Crippen molar-refractivity contribution >= 4 is 0 Å². The summed E-state index contributed by atoms with van der Waals surface area (Å²) >= 11 is 0. The Hall–Kier alpha value is -0.870. The molecule has 0 aliphatic heterocycles. The summed E-state index contributed by atoms with van der Waals surface area (Å²) in [4.78, 5) is 2.43. The minimum Gasteiger partial charge on any atom is -0.375 e. The van der Waals surface area contributed by atoms with Crippen LogP contribution in [0.25, 0.3) is 0 Å². The third kappa shape index (κ3) is 5.55. The highest BCUT2D eigenvalue weighted by Gasteiger charge is 2.28. The molecule has 1 heterocycles. The summed E-state index contributed by atoms with van der Waals surface area (Å²) in [6, 6.07) is 0. The number of nitrogens with one attached hydrogen (secondary N) is 1. The fraction of sp³-hybridized carbons (Fsp3) is 0.857. The monoisotopic (exact) mass is 347 g/mol. The van der Waals surface area contributed by atoms with Crippen molar-refractivity contribution in [1.82, 2.24) is 15.1 Å². The molecule has 142 valence electrons. The van der Waals surface area contributed by atoms with Crippen LogP contribution in [-0.4, -0.2) is 40.9 Å². The lowest BCUT2D eigenvalue weighted by molar-refractivity contribution is -0.0473. The summed E-state index contributed by atoms with van der Waals surface area (Å²) in [5.41, 5.74) is 2.79. The second-order valence-corrected chi connectivity index (χ2v) is 8.27. The van der Waals surface area contributed by atoms with Crippen molar-refractivity contribution in [2.45, 2.75) is 102 Å². The van der Waals surface area contributed by atoms with Crippen LogP contribution in [0.2, 0.25) is 0 Å². The van der Waals surface area contributed by atoms with Crippen molar-refractivity contribution in [2.75, 3.05) is 13.6 Å². The van der Waals surface area contributed by atoms with Crippen LogP contribution in [0.5, 0.6) is 0 Å². The Kier molecular flexibility index (Phi) is 7.35. The third-order valence-electron chi connectivity index (χ3n) is 6.10. The van der Waals surface area contributed by atoms with Crippen molar-refractivity contribution in [2.24, 2.45) is 0 Å². The van der Waals surface area contributed by atoms with Gasteiger partial charge in [0.1, 0.15) is 0 Å². The van der Waals surface area contributed by atoms with Gasteiger partial charge in [0.25, 0.3) is 0 Å². The molecule has 25 heavy (non-hydrogen) atoms. The van der Waals surface area contributed by atoms with Crippen molar-refractivity contribution in [3.63, 3.8) is 0 Å². The van der Waals surface area contributed by atoms with E-state index in [-0.39, 0.29) is 0 Å². The standard InChI is InChI=1S/C21H37N3O/c1-3-4-14-24(2)16-18-15-22-23-21(18)17-10-12-20(13-11-17)25-19-8-6-5-7-9-19/h15,17,19-20H,3-14,16H2,1-2H3,(H,22,23). The first-order valence-corrected chi connectivity index (χ1v) is 10.6. The minimum absolute atomic E-state index is 0.498. The Morgan fingerprint density at radius 1 is 1.08 bits per heavy atom. The van der Waals surface area contributed by atoms with Gasteiger partial charge in [0.05, 0.1) is 18.4 Å². The number of unbranched alkanes of at least 4 members (excludes halogenated alkanes) is 1. The van der Waals surface area contributed by atoms with E-state index < -0.39 is 0 Å². The van der Waals surface area contributed by atoms with Gasteiger partial charge in [-0.15, -0.1) is 0 Å². The molecule has 0 unspecified atom stereocenters. The fourth-order valence-electron chi connectivity index (χ4n) is 4.56. The number of hydrogen-bond donors (Lipinski definition) is 1. The van der Waals surface area contributed by atoms with Gasteiger partial charge in [0.15, 0.2) is 0 Å². The number of rotatable bonds is 8. The highest BCUT2D eigenvalue weighted by atomic mass is 16.5. The summed E-state index contributed by atoms with van der Waals surface area (Å²) in [7, 11) is 2.22. The molecule has 0 saturated heterocycles. The van der Waals surface area contributed by atoms with Crippen molar-refractivity contribution < 1.29 is 4.74 Å². The average molecular weight is 348 g/mol. The molecule has 4 heteroatoms. The summed E-state index contributed by atoms with van der Waals surface area (Å²) in [6.07, 6.45) is 17.2. The fourth-order valence-corrected chi connectivity index (χ4v) is 4.56. The highest BCUT2D eigenvalue weighted by molar-refractivity contribution is 5.21. The molecule has 1 aromatic rings. The van der Waals surface area contributed by atoms with Gasteiger partial charge in [-0.1, -0.05) is 32.6 Å². The number of aromatic nitrogens is 2. The number of aromatic amines is 1. The summed E-state index contributed by atoms with van der Waals surface area (Å²) in [5, 5.41) is 7.68. The SMILES string of the molecule is CCCCN(C)Cc1cn[nH]c1C1CCC(OC2CCCCC2)CC1. The van der Waals surface area contributed by atoms with Gasteiger partial charge in [-0.05, 0) is 58.5 Å². The number of ether oxygens (including phenoxy) is 1. The van der Waals surface area contributed by atoms with E-state index in [1.165, 1.54) is 88.4 Å². The van der Waals surface area contributed by atoms with Crippen LogP contribution in [0.1, 0.15) is 94.7 Å². The topological polar surface area (TPSA) is 41.2 Å². The molecule has 2 fully saturated rings. The molecule has 3 rings (SSSR count). The lowest BCUT2D eigenvalue weighted by atomic mass is 9.83. The van der Waals surface area contributed by atoms with E-state index in [9.17, 15) is 0 Å². The Bertz CT molecular complexity index is 487. The summed E-state index contributed by atoms with van der Waals surface area (Å²) < 4.78 is 6.40. The zero-order valence-electron chi connectivity index (χ0n) is 16.3. The Morgan fingerprint density at radius 3 is 2.52 bits per heavy atom. The van der Waals surface area contributed by atoms with E-state index in [1.54, 1.807) is 0 Å². The molecule has 2 saturated carbocycles. The van der Waals surface area contributed by atoms with Crippen LogP contribution < -0.4 is 0 Å². The molecule has 0 amide bonds. The van der Waals surface area contributed by atoms with E-state index in [4.69, 9.17) is 4.74 Å². The first-order chi connectivity index (χ1) is 12.3. The number of nitrogens with zero attached hydrogens (tertiary/aromatic N) is 2. The van der Waals surface area contributed by atoms with Gasteiger partial charge in [-0.2, -0.15) is 5.10 Å². The van der Waals surface area contributed by atoms with Gasteiger partial charge in [0, 0.05) is 23.7 Å². The van der Waals surface area contributed by atoms with Crippen LogP contribution in [0.4, 0.5) is 0 Å². The maximum Gasteiger partial charge on any atom is 0.0579 e. The Balaban J connectivity index is 1.47. The minimum atomic E-state index is 0.498. The second kappa shape index (κ2) is 9.72. The molecule has 0 radical (unpaired) electrons. The lowest BCUT2D eigenvalue weighted by Gasteiger charge is -2.33. The van der Waals surface area contributed by atoms with Crippen molar-refractivity contribution in [3.05, 3.63) is 17.5 Å². The molecular weight excluding hydrogens is 310 g/mol. The molecule has 2 aliphatic rings. The Labute approximate surface area is 153 Å². The van der Waals surface area contributed by atoms with Gasteiger partial charge in [-0.3, -0.25) is 5.10 Å². The zero-order chi connectivity index (χ0) is 17.5. The average Bonchev–Trinajstić information content (AvgIpc) is 3.09. The zero-order valence-corrected chi connectivity index (χ0v) is 16.3. The maximum absolute atomic E-state index is 6.40. The molecule has 0 atom stereocenters. The first kappa shape index (κ1) is 18.9. The normalized spacial score (nSPS) is 25.6. The van der Waals surface area contributed by atoms with Crippen LogP contribution >= 0.6 is 0 Å². The molecular formula is C21H37N3O. The van der Waals surface area contributed by atoms with Crippen LogP contribution in [0, 0.1) is 0 Å². The molecule has 1 aromatic heterocycles. The van der Waals surface area contributed by atoms with Crippen LogP contribution in [0.3, 0.4) is 0 Å². The first-order valence-electron chi connectivity index (χ1n) is 10.6. The number of H-pyrrole nitrogens is 1. The van der Waals surface area contributed by atoms with Crippen LogP contribution in [0.15, 0.2) is 6.20 Å².